The molecule has 0 spiro atoms. The van der Waals surface area contributed by atoms with E-state index in [0.717, 1.165) is 48.2 Å². The number of fused-ring (bicyclic) bond motifs is 3. The molecule has 7 heteroatoms. The highest BCUT2D eigenvalue weighted by Gasteiger charge is 2.48. The van der Waals surface area contributed by atoms with Crippen LogP contribution in [0.3, 0.4) is 0 Å². The molecule has 5 rings (SSSR count). The maximum absolute atomic E-state index is 12.5. The lowest BCUT2D eigenvalue weighted by molar-refractivity contribution is -0.938. The van der Waals surface area contributed by atoms with Crippen LogP contribution >= 0.6 is 0 Å². The summed E-state index contributed by atoms with van der Waals surface area (Å²) in [6.45, 7) is 7.00. The van der Waals surface area contributed by atoms with Crippen LogP contribution < -0.4 is 5.32 Å². The number of carbonyl (C=O) groups excluding carboxylic acids is 3. The van der Waals surface area contributed by atoms with Crippen molar-refractivity contribution >= 4 is 23.5 Å². The van der Waals surface area contributed by atoms with Crippen LogP contribution in [-0.4, -0.2) is 61.2 Å². The van der Waals surface area contributed by atoms with Crippen LogP contribution in [0.15, 0.2) is 60.7 Å². The molecule has 176 valence electrons. The molecule has 3 aliphatic heterocycles. The Kier molecular flexibility index (Phi) is 8.60. The van der Waals surface area contributed by atoms with E-state index in [0.29, 0.717) is 19.1 Å². The summed E-state index contributed by atoms with van der Waals surface area (Å²) in [6, 6.07) is 18.7. The SMILES string of the molecule is CC(=O)O[C@H]1C[N+]2(CC(=O)c3ccccc3)CCC1CC2.CCOC(=O)Nc1ccccc1. The Morgan fingerprint density at radius 1 is 0.970 bits per heavy atom. The minimum atomic E-state index is -0.413. The van der Waals surface area contributed by atoms with Gasteiger partial charge in [0.15, 0.2) is 6.10 Å². The summed E-state index contributed by atoms with van der Waals surface area (Å²) in [4.78, 5) is 34.6. The molecule has 2 aromatic carbocycles. The van der Waals surface area contributed by atoms with Crippen molar-refractivity contribution in [1.82, 2.24) is 0 Å². The highest BCUT2D eigenvalue weighted by atomic mass is 16.5. The van der Waals surface area contributed by atoms with Gasteiger partial charge in [-0.05, 0) is 19.1 Å². The van der Waals surface area contributed by atoms with Gasteiger partial charge in [-0.15, -0.1) is 0 Å². The van der Waals surface area contributed by atoms with E-state index in [-0.39, 0.29) is 17.9 Å². The van der Waals surface area contributed by atoms with Gasteiger partial charge < -0.3 is 14.0 Å². The number of quaternary nitrogens is 1. The number of para-hydroxylation sites is 1. The summed E-state index contributed by atoms with van der Waals surface area (Å²) >= 11 is 0. The van der Waals surface area contributed by atoms with Crippen molar-refractivity contribution in [3.8, 4) is 0 Å². The number of piperidine rings is 3. The summed E-state index contributed by atoms with van der Waals surface area (Å²) < 4.78 is 10.9. The molecular weight excluding hydrogens is 420 g/mol. The molecular formula is C26H33N2O5+. The number of anilines is 1. The summed E-state index contributed by atoms with van der Waals surface area (Å²) in [6.07, 6.45) is 1.69. The lowest BCUT2D eigenvalue weighted by Crippen LogP contribution is -2.65. The van der Waals surface area contributed by atoms with Crippen LogP contribution in [0.1, 0.15) is 37.0 Å². The van der Waals surface area contributed by atoms with Crippen molar-refractivity contribution < 1.29 is 28.3 Å². The maximum Gasteiger partial charge on any atom is 0.411 e. The number of Topliss-reactive ketones (excluding diaryl/α,β-unsaturated/α-hetero) is 1. The van der Waals surface area contributed by atoms with Crippen molar-refractivity contribution in [1.29, 1.82) is 0 Å². The number of ketones is 1. The average Bonchev–Trinajstić information content (AvgIpc) is 2.81. The van der Waals surface area contributed by atoms with E-state index in [2.05, 4.69) is 5.32 Å². The molecule has 0 aliphatic carbocycles. The van der Waals surface area contributed by atoms with Crippen LogP contribution in [0.25, 0.3) is 0 Å². The molecule has 1 amide bonds. The molecule has 0 aromatic heterocycles. The molecule has 3 aliphatic rings. The number of nitrogens with one attached hydrogen (secondary N) is 1. The number of nitrogens with zero attached hydrogens (tertiary/aromatic N) is 1. The number of ether oxygens (including phenoxy) is 2. The van der Waals surface area contributed by atoms with Crippen LogP contribution in [0.4, 0.5) is 10.5 Å². The van der Waals surface area contributed by atoms with E-state index < -0.39 is 6.09 Å². The van der Waals surface area contributed by atoms with Gasteiger partial charge >= 0.3 is 12.1 Å². The second-order valence-electron chi connectivity index (χ2n) is 8.62. The maximum atomic E-state index is 12.5. The molecule has 1 atom stereocenters. The number of benzene rings is 2. The molecule has 33 heavy (non-hydrogen) atoms. The van der Waals surface area contributed by atoms with Gasteiger partial charge in [-0.3, -0.25) is 14.9 Å². The average molecular weight is 454 g/mol. The zero-order chi connectivity index (χ0) is 23.7. The number of carbonyl (C=O) groups is 3. The van der Waals surface area contributed by atoms with E-state index in [9.17, 15) is 14.4 Å². The van der Waals surface area contributed by atoms with E-state index in [1.54, 1.807) is 19.1 Å². The van der Waals surface area contributed by atoms with Crippen LogP contribution in [0, 0.1) is 5.92 Å². The van der Waals surface area contributed by atoms with E-state index in [4.69, 9.17) is 9.47 Å². The van der Waals surface area contributed by atoms with Crippen molar-refractivity contribution in [3.63, 3.8) is 0 Å². The Bertz CT molecular complexity index is 924. The fourth-order valence-electron chi connectivity index (χ4n) is 4.62. The Morgan fingerprint density at radius 2 is 1.58 bits per heavy atom. The highest BCUT2D eigenvalue weighted by Crippen LogP contribution is 2.35. The third kappa shape index (κ3) is 7.15. The first kappa shape index (κ1) is 24.5. The van der Waals surface area contributed by atoms with Crippen LogP contribution in [0.5, 0.6) is 0 Å². The number of hydrogen-bond acceptors (Lipinski definition) is 5. The second-order valence-corrected chi connectivity index (χ2v) is 8.62. The molecule has 1 N–H and O–H groups in total. The number of amides is 1. The van der Waals surface area contributed by atoms with Gasteiger partial charge in [-0.25, -0.2) is 4.79 Å². The van der Waals surface area contributed by atoms with E-state index >= 15 is 0 Å². The van der Waals surface area contributed by atoms with Crippen molar-refractivity contribution in [2.24, 2.45) is 5.92 Å². The third-order valence-electron chi connectivity index (χ3n) is 6.23. The molecule has 7 nitrogen and oxygen atoms in total. The first-order valence-electron chi connectivity index (χ1n) is 11.5. The molecule has 0 saturated carbocycles. The van der Waals surface area contributed by atoms with Gasteiger partial charge in [0.05, 0.1) is 19.7 Å². The van der Waals surface area contributed by atoms with Gasteiger partial charge in [0.2, 0.25) is 5.78 Å². The molecule has 2 aromatic rings. The minimum Gasteiger partial charge on any atom is -0.456 e. The quantitative estimate of drug-likeness (QED) is 0.401. The lowest BCUT2D eigenvalue weighted by atomic mass is 9.83. The van der Waals surface area contributed by atoms with Gasteiger partial charge in [0.1, 0.15) is 13.1 Å². The van der Waals surface area contributed by atoms with Crippen molar-refractivity contribution in [3.05, 3.63) is 66.2 Å². The summed E-state index contributed by atoms with van der Waals surface area (Å²) in [5, 5.41) is 2.58. The zero-order valence-corrected chi connectivity index (χ0v) is 19.4. The number of esters is 1. The molecule has 0 radical (unpaired) electrons. The minimum absolute atomic E-state index is 0.00595. The standard InChI is InChI=1S/C17H22NO3.C9H11NO2/c1-13(19)21-17-12-18(9-7-15(17)8-10-18)11-16(20)14-5-3-2-4-6-14;1-2-12-9(11)10-8-6-4-3-5-7-8/h2-6,15,17H,7-12H2,1H3;3-7H,2H2,1H3,(H,10,11)/q+1;/t15?,17-,18?;/m0./s1. The second kappa shape index (κ2) is 11.6. The molecule has 3 heterocycles. The number of hydrogen-bond donors (Lipinski definition) is 1. The molecule has 3 saturated heterocycles. The molecule has 3 fully saturated rings. The van der Waals surface area contributed by atoms with Gasteiger partial charge in [-0.1, -0.05) is 48.5 Å². The predicted octanol–water partition coefficient (Wildman–Crippen LogP) is 4.30. The van der Waals surface area contributed by atoms with Crippen molar-refractivity contribution in [2.75, 3.05) is 38.1 Å². The first-order chi connectivity index (χ1) is 15.9. The summed E-state index contributed by atoms with van der Waals surface area (Å²) in [5.41, 5.74) is 1.53. The topological polar surface area (TPSA) is 81.7 Å². The smallest absolute Gasteiger partial charge is 0.411 e. The number of rotatable bonds is 6. The monoisotopic (exact) mass is 453 g/mol. The van der Waals surface area contributed by atoms with E-state index in [1.807, 2.05) is 48.5 Å². The fourth-order valence-corrected chi connectivity index (χ4v) is 4.62. The summed E-state index contributed by atoms with van der Waals surface area (Å²) in [7, 11) is 0. The molecule has 0 unspecified atom stereocenters. The Balaban J connectivity index is 0.000000218. The summed E-state index contributed by atoms with van der Waals surface area (Å²) in [5.74, 6) is 0.472. The van der Waals surface area contributed by atoms with Crippen LogP contribution in [0.2, 0.25) is 0 Å². The Labute approximate surface area is 195 Å². The first-order valence-corrected chi connectivity index (χ1v) is 11.5. The fraction of sp³-hybridized carbons (Fsp3) is 0.423. The van der Waals surface area contributed by atoms with Crippen LogP contribution in [-0.2, 0) is 14.3 Å². The normalized spacial score (nSPS) is 23.0. The largest absolute Gasteiger partial charge is 0.456 e. The van der Waals surface area contributed by atoms with Crippen molar-refractivity contribution in [2.45, 2.75) is 32.8 Å². The van der Waals surface area contributed by atoms with Gasteiger partial charge in [-0.2, -0.15) is 0 Å². The third-order valence-corrected chi connectivity index (χ3v) is 6.23. The highest BCUT2D eigenvalue weighted by molar-refractivity contribution is 5.97. The predicted molar refractivity (Wildman–Crippen MR) is 126 cm³/mol. The Morgan fingerprint density at radius 3 is 2.15 bits per heavy atom. The van der Waals surface area contributed by atoms with E-state index in [1.165, 1.54) is 6.92 Å². The van der Waals surface area contributed by atoms with Gasteiger partial charge in [0, 0.05) is 36.9 Å². The zero-order valence-electron chi connectivity index (χ0n) is 19.4. The lowest BCUT2D eigenvalue weighted by Gasteiger charge is -2.51. The molecule has 2 bridgehead atoms. The Hall–Kier alpha value is -3.19. The van der Waals surface area contributed by atoms with Gasteiger partial charge in [0.25, 0.3) is 0 Å².